The van der Waals surface area contributed by atoms with E-state index in [0.29, 0.717) is 29.2 Å². The number of ketones is 1. The SMILES string of the molecule is CCN(C(=O)c1cc(F)ccc1Oc1cncnc1N1CC2(CCN(CC3CC4CCC3CC43CCC(=O)C3)CC2)C1)C(C)C. The molecule has 0 radical (unpaired) electrons. The van der Waals surface area contributed by atoms with Crippen molar-refractivity contribution in [1.82, 2.24) is 19.8 Å². The van der Waals surface area contributed by atoms with Gasteiger partial charge in [-0.25, -0.2) is 14.4 Å². The van der Waals surface area contributed by atoms with Crippen LogP contribution in [0, 0.1) is 34.4 Å². The summed E-state index contributed by atoms with van der Waals surface area (Å²) < 4.78 is 20.6. The van der Waals surface area contributed by atoms with E-state index in [9.17, 15) is 14.0 Å². The third-order valence-electron chi connectivity index (χ3n) is 12.2. The molecule has 242 valence electrons. The van der Waals surface area contributed by atoms with Crippen LogP contribution in [0.3, 0.4) is 0 Å². The summed E-state index contributed by atoms with van der Waals surface area (Å²) in [7, 11) is 0. The van der Waals surface area contributed by atoms with Gasteiger partial charge in [-0.2, -0.15) is 0 Å². The summed E-state index contributed by atoms with van der Waals surface area (Å²) in [6.07, 6.45) is 13.7. The number of carbonyl (C=O) groups is 2. The summed E-state index contributed by atoms with van der Waals surface area (Å²) in [5.41, 5.74) is 0.846. The Hall–Kier alpha value is -3.07. The highest BCUT2D eigenvalue weighted by molar-refractivity contribution is 5.97. The first-order valence-corrected chi connectivity index (χ1v) is 17.2. The number of ether oxygens (including phenoxy) is 1. The fourth-order valence-corrected chi connectivity index (χ4v) is 9.71. The molecule has 1 aromatic carbocycles. The number of hydrogen-bond acceptors (Lipinski definition) is 7. The van der Waals surface area contributed by atoms with Crippen LogP contribution in [0.1, 0.15) is 88.9 Å². The number of likely N-dealkylation sites (tertiary alicyclic amines) is 1. The topological polar surface area (TPSA) is 78.9 Å². The highest BCUT2D eigenvalue weighted by atomic mass is 19.1. The van der Waals surface area contributed by atoms with Gasteiger partial charge in [-0.05, 0) is 120 Å². The molecule has 1 aromatic heterocycles. The van der Waals surface area contributed by atoms with Crippen LogP contribution in [0.2, 0.25) is 0 Å². The molecule has 6 aliphatic rings. The highest BCUT2D eigenvalue weighted by Crippen LogP contribution is 2.61. The first-order chi connectivity index (χ1) is 21.7. The van der Waals surface area contributed by atoms with Crippen LogP contribution >= 0.6 is 0 Å². The molecule has 4 aliphatic carbocycles. The summed E-state index contributed by atoms with van der Waals surface area (Å²) in [5.74, 6) is 3.65. The van der Waals surface area contributed by atoms with Crippen LogP contribution in [-0.4, -0.2) is 76.8 Å². The van der Waals surface area contributed by atoms with E-state index in [1.165, 1.54) is 69.6 Å². The number of rotatable bonds is 8. The lowest BCUT2D eigenvalue weighted by Crippen LogP contribution is -2.61. The monoisotopic (exact) mass is 617 g/mol. The van der Waals surface area contributed by atoms with Crippen LogP contribution in [0.15, 0.2) is 30.7 Å². The number of carbonyl (C=O) groups excluding carboxylic acids is 2. The van der Waals surface area contributed by atoms with Crippen molar-refractivity contribution in [1.29, 1.82) is 0 Å². The second kappa shape index (κ2) is 11.9. The maximum absolute atomic E-state index is 14.3. The average molecular weight is 618 g/mol. The smallest absolute Gasteiger partial charge is 0.257 e. The Bertz CT molecular complexity index is 1430. The fourth-order valence-electron chi connectivity index (χ4n) is 9.71. The Balaban J connectivity index is 0.965. The fraction of sp³-hybridized carbons (Fsp3) is 0.667. The van der Waals surface area contributed by atoms with E-state index in [0.717, 1.165) is 69.0 Å². The Morgan fingerprint density at radius 2 is 1.96 bits per heavy atom. The van der Waals surface area contributed by atoms with Crippen molar-refractivity contribution in [3.63, 3.8) is 0 Å². The van der Waals surface area contributed by atoms with Crippen LogP contribution in [-0.2, 0) is 4.79 Å². The number of amides is 1. The molecule has 3 heterocycles. The summed E-state index contributed by atoms with van der Waals surface area (Å²) in [6.45, 7) is 11.7. The Kier molecular flexibility index (Phi) is 8.11. The molecule has 1 amide bonds. The molecule has 4 atom stereocenters. The lowest BCUT2D eigenvalue weighted by Gasteiger charge is -2.56. The molecule has 2 aromatic rings. The van der Waals surface area contributed by atoms with Gasteiger partial charge in [0.2, 0.25) is 0 Å². The number of nitrogens with zero attached hydrogens (tertiary/aromatic N) is 5. The number of piperidine rings is 1. The Morgan fingerprint density at radius 3 is 2.62 bits per heavy atom. The first kappa shape index (κ1) is 30.6. The van der Waals surface area contributed by atoms with Crippen molar-refractivity contribution in [2.45, 2.75) is 84.6 Å². The zero-order valence-corrected chi connectivity index (χ0v) is 27.1. The summed E-state index contributed by atoms with van der Waals surface area (Å²) in [4.78, 5) is 41.0. The third-order valence-corrected chi connectivity index (χ3v) is 12.2. The normalized spacial score (nSPS) is 29.0. The van der Waals surface area contributed by atoms with Gasteiger partial charge < -0.3 is 19.4 Å². The molecular weight excluding hydrogens is 569 g/mol. The number of aromatic nitrogens is 2. The van der Waals surface area contributed by atoms with Gasteiger partial charge >= 0.3 is 0 Å². The van der Waals surface area contributed by atoms with E-state index in [-0.39, 0.29) is 22.9 Å². The molecule has 8 rings (SSSR count). The van der Waals surface area contributed by atoms with E-state index < -0.39 is 5.82 Å². The summed E-state index contributed by atoms with van der Waals surface area (Å²) in [5, 5.41) is 0. The molecule has 45 heavy (non-hydrogen) atoms. The molecular formula is C36H48FN5O3. The molecule has 4 unspecified atom stereocenters. The second-order valence-electron chi connectivity index (χ2n) is 15.1. The molecule has 6 fully saturated rings. The van der Waals surface area contributed by atoms with Gasteiger partial charge in [0, 0.05) is 50.5 Å². The molecule has 4 saturated carbocycles. The maximum Gasteiger partial charge on any atom is 0.257 e. The van der Waals surface area contributed by atoms with Crippen molar-refractivity contribution in [2.75, 3.05) is 44.2 Å². The predicted molar refractivity (Wildman–Crippen MR) is 171 cm³/mol. The largest absolute Gasteiger partial charge is 0.451 e. The minimum absolute atomic E-state index is 0.0216. The van der Waals surface area contributed by atoms with Crippen LogP contribution < -0.4 is 9.64 Å². The van der Waals surface area contributed by atoms with E-state index in [1.807, 2.05) is 20.8 Å². The van der Waals surface area contributed by atoms with Gasteiger partial charge in [0.05, 0.1) is 11.8 Å². The number of halogens is 1. The number of Topliss-reactive ketones (excluding diaryl/α,β-unsaturated/α-hetero) is 1. The van der Waals surface area contributed by atoms with Gasteiger partial charge in [-0.15, -0.1) is 0 Å². The van der Waals surface area contributed by atoms with Gasteiger partial charge in [0.25, 0.3) is 5.91 Å². The highest BCUT2D eigenvalue weighted by Gasteiger charge is 2.54. The molecule has 2 bridgehead atoms. The van der Waals surface area contributed by atoms with Gasteiger partial charge in [-0.1, -0.05) is 0 Å². The molecule has 0 N–H and O–H groups in total. The van der Waals surface area contributed by atoms with Crippen molar-refractivity contribution in [2.24, 2.45) is 28.6 Å². The third kappa shape index (κ3) is 5.74. The van der Waals surface area contributed by atoms with Crippen molar-refractivity contribution in [3.05, 3.63) is 42.1 Å². The number of hydrogen-bond donors (Lipinski definition) is 0. The minimum atomic E-state index is -0.476. The average Bonchev–Trinajstić information content (AvgIpc) is 3.38. The van der Waals surface area contributed by atoms with Crippen LogP contribution in [0.5, 0.6) is 11.5 Å². The Labute approximate surface area is 266 Å². The molecule has 8 nitrogen and oxygen atoms in total. The lowest BCUT2D eigenvalue weighted by molar-refractivity contribution is -0.120. The van der Waals surface area contributed by atoms with Gasteiger partial charge in [0.1, 0.15) is 23.7 Å². The molecule has 2 saturated heterocycles. The molecule has 9 heteroatoms. The summed E-state index contributed by atoms with van der Waals surface area (Å²) in [6, 6.07) is 4.07. The quantitative estimate of drug-likeness (QED) is 0.341. The van der Waals surface area contributed by atoms with E-state index in [2.05, 4.69) is 19.8 Å². The maximum atomic E-state index is 14.3. The first-order valence-electron chi connectivity index (χ1n) is 17.2. The van der Waals surface area contributed by atoms with Crippen LogP contribution in [0.4, 0.5) is 10.2 Å². The van der Waals surface area contributed by atoms with E-state index >= 15 is 0 Å². The standard InChI is InChI=1S/C36H48FN5O3/c1-4-42(24(2)3)34(44)30-16-28(37)7-8-31(30)45-32-19-38-23-39-33(32)41-21-35(22-41)11-13-40(14-12-35)20-26-15-27-6-5-25(26)17-36(27)10-9-29(43)18-36/h7-8,16,19,23-27H,4-6,9-15,17-18,20-22H2,1-3H3. The second-order valence-corrected chi connectivity index (χ2v) is 15.1. The molecule has 2 spiro atoms. The predicted octanol–water partition coefficient (Wildman–Crippen LogP) is 6.36. The number of benzene rings is 1. The van der Waals surface area contributed by atoms with E-state index in [1.54, 1.807) is 11.1 Å². The number of fused-ring (bicyclic) bond motifs is 2. The van der Waals surface area contributed by atoms with Crippen molar-refractivity contribution < 1.29 is 18.7 Å². The zero-order chi connectivity index (χ0) is 31.3. The van der Waals surface area contributed by atoms with Crippen molar-refractivity contribution >= 4 is 17.5 Å². The molecule has 2 aliphatic heterocycles. The van der Waals surface area contributed by atoms with Gasteiger partial charge in [-0.3, -0.25) is 9.59 Å². The number of anilines is 1. The lowest BCUT2D eigenvalue weighted by atomic mass is 9.52. The van der Waals surface area contributed by atoms with Gasteiger partial charge in [0.15, 0.2) is 11.6 Å². The summed E-state index contributed by atoms with van der Waals surface area (Å²) >= 11 is 0. The van der Waals surface area contributed by atoms with E-state index in [4.69, 9.17) is 4.74 Å². The zero-order valence-electron chi connectivity index (χ0n) is 27.1. The van der Waals surface area contributed by atoms with Crippen LogP contribution in [0.25, 0.3) is 0 Å². The van der Waals surface area contributed by atoms with Crippen molar-refractivity contribution in [3.8, 4) is 11.5 Å². The Morgan fingerprint density at radius 1 is 1.16 bits per heavy atom. The minimum Gasteiger partial charge on any atom is -0.451 e.